The third-order valence-electron chi connectivity index (χ3n) is 3.65. The van der Waals surface area contributed by atoms with Crippen molar-refractivity contribution in [3.63, 3.8) is 0 Å². The predicted molar refractivity (Wildman–Crippen MR) is 62.6 cm³/mol. The van der Waals surface area contributed by atoms with Crippen LogP contribution in [0, 0.1) is 12.8 Å². The second-order valence-electron chi connectivity index (χ2n) is 4.76. The Kier molecular flexibility index (Phi) is 2.98. The van der Waals surface area contributed by atoms with Crippen LogP contribution >= 0.6 is 0 Å². The van der Waals surface area contributed by atoms with E-state index >= 15 is 0 Å². The summed E-state index contributed by atoms with van der Waals surface area (Å²) in [4.78, 5) is 4.54. The average Bonchev–Trinajstić information content (AvgIpc) is 2.48. The highest BCUT2D eigenvalue weighted by atomic mass is 15.1. The van der Waals surface area contributed by atoms with E-state index < -0.39 is 0 Å². The van der Waals surface area contributed by atoms with Gasteiger partial charge in [0.05, 0.1) is 5.69 Å². The number of hydrogen-bond donors (Lipinski definition) is 1. The Morgan fingerprint density at radius 2 is 2.00 bits per heavy atom. The number of nitrogens with zero attached hydrogens (tertiary/aromatic N) is 2. The third kappa shape index (κ3) is 2.16. The van der Waals surface area contributed by atoms with Gasteiger partial charge >= 0.3 is 0 Å². The number of rotatable bonds is 2. The Morgan fingerprint density at radius 3 is 2.53 bits per heavy atom. The minimum atomic E-state index is 0.815. The lowest BCUT2D eigenvalue weighted by molar-refractivity contribution is 0.355. The van der Waals surface area contributed by atoms with Crippen LogP contribution in [-0.4, -0.2) is 9.55 Å². The fraction of sp³-hybridized carbons (Fsp3) is 0.750. The molecule has 0 spiro atoms. The molecule has 0 amide bonds. The van der Waals surface area contributed by atoms with Crippen molar-refractivity contribution in [2.45, 2.75) is 45.4 Å². The van der Waals surface area contributed by atoms with Gasteiger partial charge in [0, 0.05) is 7.05 Å². The van der Waals surface area contributed by atoms with Gasteiger partial charge in [-0.15, -0.1) is 0 Å². The van der Waals surface area contributed by atoms with Crippen LogP contribution in [0.3, 0.4) is 0 Å². The molecule has 2 rings (SSSR count). The normalized spacial score (nSPS) is 18.3. The summed E-state index contributed by atoms with van der Waals surface area (Å²) in [5, 5.41) is 0. The summed E-state index contributed by atoms with van der Waals surface area (Å²) in [6.45, 7) is 2.01. The van der Waals surface area contributed by atoms with Crippen molar-refractivity contribution >= 4 is 5.82 Å². The average molecular weight is 207 g/mol. The lowest BCUT2D eigenvalue weighted by Gasteiger charge is -2.20. The van der Waals surface area contributed by atoms with Gasteiger partial charge in [0.15, 0.2) is 0 Å². The smallest absolute Gasteiger partial charge is 0.126 e. The Bertz CT molecular complexity index is 335. The SMILES string of the molecule is Cc1nc(CC2CCCCC2)c(N)n1C. The Hall–Kier alpha value is -0.990. The van der Waals surface area contributed by atoms with Crippen molar-refractivity contribution in [2.24, 2.45) is 13.0 Å². The first kappa shape index (κ1) is 10.5. The number of hydrogen-bond acceptors (Lipinski definition) is 2. The van der Waals surface area contributed by atoms with Gasteiger partial charge in [-0.3, -0.25) is 0 Å². The fourth-order valence-electron chi connectivity index (χ4n) is 2.51. The van der Waals surface area contributed by atoms with Gasteiger partial charge < -0.3 is 10.3 Å². The number of nitrogens with two attached hydrogens (primary N) is 1. The van der Waals surface area contributed by atoms with Crippen LogP contribution < -0.4 is 5.73 Å². The monoisotopic (exact) mass is 207 g/mol. The predicted octanol–water partition coefficient (Wildman–Crippen LogP) is 2.43. The summed E-state index contributed by atoms with van der Waals surface area (Å²) in [6.07, 6.45) is 7.97. The molecular weight excluding hydrogens is 186 g/mol. The van der Waals surface area contributed by atoms with Gasteiger partial charge in [0.1, 0.15) is 11.6 Å². The molecule has 2 N–H and O–H groups in total. The highest BCUT2D eigenvalue weighted by Gasteiger charge is 2.17. The van der Waals surface area contributed by atoms with E-state index in [1.165, 1.54) is 32.1 Å². The highest BCUT2D eigenvalue weighted by molar-refractivity contribution is 5.37. The summed E-state index contributed by atoms with van der Waals surface area (Å²) >= 11 is 0. The largest absolute Gasteiger partial charge is 0.384 e. The van der Waals surface area contributed by atoms with E-state index in [1.807, 2.05) is 18.5 Å². The maximum absolute atomic E-state index is 6.02. The molecule has 3 heteroatoms. The van der Waals surface area contributed by atoms with Crippen LogP contribution in [-0.2, 0) is 13.5 Å². The molecule has 0 saturated heterocycles. The van der Waals surface area contributed by atoms with E-state index in [0.717, 1.165) is 29.7 Å². The zero-order chi connectivity index (χ0) is 10.8. The fourth-order valence-corrected chi connectivity index (χ4v) is 2.51. The maximum Gasteiger partial charge on any atom is 0.126 e. The lowest BCUT2D eigenvalue weighted by atomic mass is 9.86. The second-order valence-corrected chi connectivity index (χ2v) is 4.76. The third-order valence-corrected chi connectivity index (χ3v) is 3.65. The number of aromatic nitrogens is 2. The zero-order valence-electron chi connectivity index (χ0n) is 9.79. The van der Waals surface area contributed by atoms with Gasteiger partial charge in [-0.25, -0.2) is 4.98 Å². The highest BCUT2D eigenvalue weighted by Crippen LogP contribution is 2.28. The van der Waals surface area contributed by atoms with Crippen LogP contribution in [0.25, 0.3) is 0 Å². The van der Waals surface area contributed by atoms with Gasteiger partial charge in [-0.05, 0) is 19.3 Å². The summed E-state index contributed by atoms with van der Waals surface area (Å²) < 4.78 is 1.98. The van der Waals surface area contributed by atoms with Crippen molar-refractivity contribution in [1.82, 2.24) is 9.55 Å². The van der Waals surface area contributed by atoms with E-state index in [4.69, 9.17) is 5.73 Å². The minimum Gasteiger partial charge on any atom is -0.384 e. The Labute approximate surface area is 91.7 Å². The second kappa shape index (κ2) is 4.25. The van der Waals surface area contributed by atoms with Crippen LogP contribution in [0.1, 0.15) is 43.6 Å². The molecule has 1 aromatic heterocycles. The first-order valence-corrected chi connectivity index (χ1v) is 5.96. The van der Waals surface area contributed by atoms with Gasteiger partial charge in [0.25, 0.3) is 0 Å². The van der Waals surface area contributed by atoms with E-state index in [2.05, 4.69) is 4.98 Å². The number of imidazole rings is 1. The molecule has 1 fully saturated rings. The molecule has 1 aromatic rings. The maximum atomic E-state index is 6.02. The number of anilines is 1. The molecule has 1 aliphatic rings. The Morgan fingerprint density at radius 1 is 1.33 bits per heavy atom. The van der Waals surface area contributed by atoms with Gasteiger partial charge in [0.2, 0.25) is 0 Å². The molecule has 1 saturated carbocycles. The first-order chi connectivity index (χ1) is 7.18. The molecule has 1 aliphatic carbocycles. The van der Waals surface area contributed by atoms with Crippen LogP contribution in [0.4, 0.5) is 5.82 Å². The van der Waals surface area contributed by atoms with Crippen molar-refractivity contribution < 1.29 is 0 Å². The molecule has 0 aliphatic heterocycles. The molecule has 84 valence electrons. The van der Waals surface area contributed by atoms with E-state index in [1.54, 1.807) is 0 Å². The standard InChI is InChI=1S/C12H21N3/c1-9-14-11(12(13)15(9)2)8-10-6-4-3-5-7-10/h10H,3-8,13H2,1-2H3. The van der Waals surface area contributed by atoms with E-state index in [-0.39, 0.29) is 0 Å². The quantitative estimate of drug-likeness (QED) is 0.809. The van der Waals surface area contributed by atoms with Crippen LogP contribution in [0.2, 0.25) is 0 Å². The first-order valence-electron chi connectivity index (χ1n) is 5.96. The van der Waals surface area contributed by atoms with Gasteiger partial charge in [-0.1, -0.05) is 32.1 Å². The van der Waals surface area contributed by atoms with Crippen LogP contribution in [0.5, 0.6) is 0 Å². The van der Waals surface area contributed by atoms with Crippen LogP contribution in [0.15, 0.2) is 0 Å². The number of aryl methyl sites for hydroxylation is 1. The molecule has 0 unspecified atom stereocenters. The van der Waals surface area contributed by atoms with Crippen molar-refractivity contribution in [2.75, 3.05) is 5.73 Å². The van der Waals surface area contributed by atoms with E-state index in [0.29, 0.717) is 0 Å². The summed E-state index contributed by atoms with van der Waals surface area (Å²) in [5.74, 6) is 2.70. The van der Waals surface area contributed by atoms with E-state index in [9.17, 15) is 0 Å². The number of nitrogen functional groups attached to an aromatic ring is 1. The zero-order valence-corrected chi connectivity index (χ0v) is 9.79. The summed E-state index contributed by atoms with van der Waals surface area (Å²) in [7, 11) is 1.99. The molecule has 1 heterocycles. The molecule has 3 nitrogen and oxygen atoms in total. The minimum absolute atomic E-state index is 0.815. The van der Waals surface area contributed by atoms with Crippen molar-refractivity contribution in [3.8, 4) is 0 Å². The van der Waals surface area contributed by atoms with Crippen molar-refractivity contribution in [3.05, 3.63) is 11.5 Å². The molecule has 0 aromatic carbocycles. The topological polar surface area (TPSA) is 43.8 Å². The lowest BCUT2D eigenvalue weighted by Crippen LogP contribution is -2.11. The molecule has 0 bridgehead atoms. The molecule has 15 heavy (non-hydrogen) atoms. The Balaban J connectivity index is 2.06. The molecule has 0 atom stereocenters. The molecular formula is C12H21N3. The van der Waals surface area contributed by atoms with Gasteiger partial charge in [-0.2, -0.15) is 0 Å². The summed E-state index contributed by atoms with van der Waals surface area (Å²) in [5.41, 5.74) is 7.13. The summed E-state index contributed by atoms with van der Waals surface area (Å²) in [6, 6.07) is 0. The molecule has 0 radical (unpaired) electrons. The van der Waals surface area contributed by atoms with Crippen molar-refractivity contribution in [1.29, 1.82) is 0 Å².